The van der Waals surface area contributed by atoms with Crippen LogP contribution in [0.4, 0.5) is 29.6 Å². The van der Waals surface area contributed by atoms with Crippen LogP contribution in [0.2, 0.25) is 0 Å². The Kier molecular flexibility index (Phi) is 8.13. The Labute approximate surface area is 217 Å². The Morgan fingerprint density at radius 2 is 1.68 bits per heavy atom. The molecule has 11 heteroatoms. The number of likely N-dealkylation sites (tertiary alicyclic amines) is 1. The monoisotopic (exact) mass is 527 g/mol. The third-order valence-electron chi connectivity index (χ3n) is 6.69. The van der Waals surface area contributed by atoms with E-state index in [2.05, 4.69) is 15.3 Å². The molecule has 1 aliphatic rings. The molecular weight excluding hydrogens is 499 g/mol. The number of nitrogens with zero attached hydrogens (tertiary/aromatic N) is 3. The maximum absolute atomic E-state index is 13.7. The van der Waals surface area contributed by atoms with Crippen molar-refractivity contribution >= 4 is 23.6 Å². The molecule has 0 spiro atoms. The first-order valence-electron chi connectivity index (χ1n) is 12.2. The van der Waals surface area contributed by atoms with Gasteiger partial charge in [-0.05, 0) is 60.4 Å². The van der Waals surface area contributed by atoms with E-state index in [4.69, 9.17) is 10.8 Å². The number of anilines is 2. The highest BCUT2D eigenvalue weighted by Gasteiger charge is 2.35. The van der Waals surface area contributed by atoms with E-state index in [9.17, 15) is 22.8 Å². The number of aryl methyl sites for hydroxylation is 2. The van der Waals surface area contributed by atoms with Gasteiger partial charge in [0.15, 0.2) is 0 Å². The summed E-state index contributed by atoms with van der Waals surface area (Å²) >= 11 is 0. The zero-order valence-corrected chi connectivity index (χ0v) is 20.5. The second-order valence-corrected chi connectivity index (χ2v) is 9.25. The normalized spacial score (nSPS) is 14.3. The number of carbonyl (C=O) groups excluding carboxylic acids is 1. The molecule has 4 rings (SSSR count). The fraction of sp³-hybridized carbons (Fsp3) is 0.333. The minimum atomic E-state index is -4.61. The summed E-state index contributed by atoms with van der Waals surface area (Å²) in [6.07, 6.45) is -3.03. The molecule has 1 aromatic heterocycles. The van der Waals surface area contributed by atoms with Crippen LogP contribution in [0, 0.1) is 0 Å². The van der Waals surface area contributed by atoms with Crippen molar-refractivity contribution in [1.29, 1.82) is 0 Å². The summed E-state index contributed by atoms with van der Waals surface area (Å²) in [5, 5.41) is 12.1. The summed E-state index contributed by atoms with van der Waals surface area (Å²) in [7, 11) is 0. The minimum absolute atomic E-state index is 0.00417. The first-order valence-corrected chi connectivity index (χ1v) is 12.2. The average molecular weight is 528 g/mol. The maximum Gasteiger partial charge on any atom is 0.419 e. The van der Waals surface area contributed by atoms with Crippen LogP contribution in [0.3, 0.4) is 0 Å². The average Bonchev–Trinajstić information content (AvgIpc) is 2.88. The Hall–Kier alpha value is -4.15. The lowest BCUT2D eigenvalue weighted by Crippen LogP contribution is -2.36. The molecule has 38 heavy (non-hydrogen) atoms. The lowest BCUT2D eigenvalue weighted by atomic mass is 9.89. The number of aromatic nitrogens is 2. The van der Waals surface area contributed by atoms with Gasteiger partial charge in [-0.2, -0.15) is 13.2 Å². The van der Waals surface area contributed by atoms with Crippen LogP contribution < -0.4 is 11.1 Å². The van der Waals surface area contributed by atoms with Gasteiger partial charge < -0.3 is 21.1 Å². The van der Waals surface area contributed by atoms with Crippen LogP contribution in [-0.2, 0) is 30.2 Å². The fourth-order valence-corrected chi connectivity index (χ4v) is 4.69. The van der Waals surface area contributed by atoms with E-state index in [0.717, 1.165) is 30.2 Å². The van der Waals surface area contributed by atoms with E-state index >= 15 is 0 Å². The zero-order chi connectivity index (χ0) is 27.3. The molecule has 0 saturated carbocycles. The van der Waals surface area contributed by atoms with Crippen LogP contribution in [0.15, 0.2) is 54.7 Å². The molecule has 2 amide bonds. The van der Waals surface area contributed by atoms with E-state index in [1.54, 1.807) is 36.4 Å². The quantitative estimate of drug-likeness (QED) is 0.383. The molecular formula is C27H28F3N5O3. The van der Waals surface area contributed by atoms with Gasteiger partial charge in [-0.25, -0.2) is 14.8 Å². The second-order valence-electron chi connectivity index (χ2n) is 9.25. The Balaban J connectivity index is 1.47. The van der Waals surface area contributed by atoms with Crippen molar-refractivity contribution in [2.75, 3.05) is 18.4 Å². The summed E-state index contributed by atoms with van der Waals surface area (Å²) < 4.78 is 41.0. The number of alkyl halides is 3. The summed E-state index contributed by atoms with van der Waals surface area (Å²) in [6, 6.07) is 14.5. The van der Waals surface area contributed by atoms with Crippen molar-refractivity contribution in [3.8, 4) is 0 Å². The molecule has 2 aromatic carbocycles. The zero-order valence-electron chi connectivity index (χ0n) is 20.5. The van der Waals surface area contributed by atoms with Crippen molar-refractivity contribution in [2.45, 2.75) is 44.2 Å². The van der Waals surface area contributed by atoms with Crippen molar-refractivity contribution in [2.24, 2.45) is 5.73 Å². The van der Waals surface area contributed by atoms with Gasteiger partial charge in [0.1, 0.15) is 0 Å². The van der Waals surface area contributed by atoms with Gasteiger partial charge in [-0.3, -0.25) is 4.79 Å². The largest absolute Gasteiger partial charge is 0.465 e. The Morgan fingerprint density at radius 1 is 1.03 bits per heavy atom. The number of primary amides is 1. The topological polar surface area (TPSA) is 121 Å². The molecule has 2 heterocycles. The highest BCUT2D eigenvalue weighted by Crippen LogP contribution is 2.33. The number of rotatable bonds is 8. The number of carbonyl (C=O) groups is 2. The number of nitrogens with two attached hydrogens (primary N) is 1. The number of piperidine rings is 1. The number of amides is 2. The summed E-state index contributed by atoms with van der Waals surface area (Å²) in [4.78, 5) is 32.0. The van der Waals surface area contributed by atoms with Crippen LogP contribution in [0.5, 0.6) is 0 Å². The summed E-state index contributed by atoms with van der Waals surface area (Å²) in [6.45, 7) is 0.963. The van der Waals surface area contributed by atoms with Gasteiger partial charge in [-0.15, -0.1) is 0 Å². The molecule has 1 fully saturated rings. The minimum Gasteiger partial charge on any atom is -0.465 e. The molecule has 200 valence electrons. The molecule has 4 N–H and O–H groups in total. The molecule has 0 unspecified atom stereocenters. The predicted molar refractivity (Wildman–Crippen MR) is 135 cm³/mol. The van der Waals surface area contributed by atoms with Crippen molar-refractivity contribution < 1.29 is 27.9 Å². The third-order valence-corrected chi connectivity index (χ3v) is 6.69. The Morgan fingerprint density at radius 3 is 2.29 bits per heavy atom. The predicted octanol–water partition coefficient (Wildman–Crippen LogP) is 4.91. The van der Waals surface area contributed by atoms with Gasteiger partial charge >= 0.3 is 12.3 Å². The molecule has 1 saturated heterocycles. The second kappa shape index (κ2) is 11.5. The van der Waals surface area contributed by atoms with E-state index in [-0.39, 0.29) is 36.8 Å². The van der Waals surface area contributed by atoms with Gasteiger partial charge in [0.2, 0.25) is 11.9 Å². The highest BCUT2D eigenvalue weighted by atomic mass is 19.4. The molecule has 3 aromatic rings. The van der Waals surface area contributed by atoms with Gasteiger partial charge in [-0.1, -0.05) is 36.4 Å². The molecule has 0 aliphatic carbocycles. The number of benzene rings is 2. The smallest absolute Gasteiger partial charge is 0.419 e. The van der Waals surface area contributed by atoms with Crippen LogP contribution in [0.1, 0.15) is 46.7 Å². The van der Waals surface area contributed by atoms with E-state index in [1.165, 1.54) is 4.90 Å². The summed E-state index contributed by atoms with van der Waals surface area (Å²) in [5.74, 6) is -0.231. The molecule has 0 atom stereocenters. The SMILES string of the molecule is NC(=O)Cc1ccccc1CCc1nc(Nc2ccc(C3CCN(C(=O)O)CC3)cc2)ncc1C(F)(F)F. The summed E-state index contributed by atoms with van der Waals surface area (Å²) in [5.41, 5.74) is 7.35. The van der Waals surface area contributed by atoms with Gasteiger partial charge in [0.25, 0.3) is 0 Å². The number of carboxylic acid groups (broad SMARTS) is 1. The number of halogens is 3. The first kappa shape index (κ1) is 26.9. The lowest BCUT2D eigenvalue weighted by Gasteiger charge is -2.30. The number of nitrogens with one attached hydrogen (secondary N) is 1. The van der Waals surface area contributed by atoms with Crippen LogP contribution in [-0.4, -0.2) is 45.1 Å². The van der Waals surface area contributed by atoms with Gasteiger partial charge in [0.05, 0.1) is 17.7 Å². The van der Waals surface area contributed by atoms with Crippen molar-refractivity contribution in [3.63, 3.8) is 0 Å². The number of hydrogen-bond acceptors (Lipinski definition) is 5. The van der Waals surface area contributed by atoms with E-state index < -0.39 is 23.7 Å². The molecule has 0 radical (unpaired) electrons. The molecule has 0 bridgehead atoms. The van der Waals surface area contributed by atoms with E-state index in [0.29, 0.717) is 24.3 Å². The van der Waals surface area contributed by atoms with Crippen LogP contribution in [0.25, 0.3) is 0 Å². The third kappa shape index (κ3) is 6.78. The first-order chi connectivity index (χ1) is 18.1. The number of hydrogen-bond donors (Lipinski definition) is 3. The molecule has 8 nitrogen and oxygen atoms in total. The molecule has 1 aliphatic heterocycles. The maximum atomic E-state index is 13.7. The van der Waals surface area contributed by atoms with Crippen molar-refractivity contribution in [1.82, 2.24) is 14.9 Å². The van der Waals surface area contributed by atoms with Crippen molar-refractivity contribution in [3.05, 3.63) is 82.7 Å². The fourth-order valence-electron chi connectivity index (χ4n) is 4.69. The van der Waals surface area contributed by atoms with E-state index in [1.807, 2.05) is 12.1 Å². The van der Waals surface area contributed by atoms with Crippen LogP contribution >= 0.6 is 0 Å². The Bertz CT molecular complexity index is 1290. The standard InChI is InChI=1S/C27H28F3N5O3/c28-27(29,30)22-16-32-25(34-23(22)10-7-17-3-1-2-4-20(17)15-24(31)36)33-21-8-5-18(6-9-21)19-11-13-35(14-12-19)26(37)38/h1-6,8-9,16,19H,7,10-15H2,(H2,31,36)(H,37,38)(H,32,33,34). The lowest BCUT2D eigenvalue weighted by molar-refractivity contribution is -0.138. The highest BCUT2D eigenvalue weighted by molar-refractivity contribution is 5.77. The van der Waals surface area contributed by atoms with Gasteiger partial charge in [0, 0.05) is 25.0 Å².